The molecular weight excluding hydrogens is 272 g/mol. The van der Waals surface area contributed by atoms with Crippen LogP contribution in [0.3, 0.4) is 0 Å². The van der Waals surface area contributed by atoms with Crippen molar-refractivity contribution in [3.05, 3.63) is 24.3 Å². The van der Waals surface area contributed by atoms with Crippen LogP contribution in [-0.4, -0.2) is 30.3 Å². The summed E-state index contributed by atoms with van der Waals surface area (Å²) in [7, 11) is 0. The molecule has 0 radical (unpaired) electrons. The van der Waals surface area contributed by atoms with Crippen LogP contribution in [-0.2, 0) is 9.53 Å². The van der Waals surface area contributed by atoms with Crippen molar-refractivity contribution in [1.82, 2.24) is 5.32 Å². The molecular formula is C15H22N2O4. The van der Waals surface area contributed by atoms with E-state index in [9.17, 15) is 9.59 Å². The minimum Gasteiger partial charge on any atom is -0.508 e. The number of hydrogen-bond acceptors (Lipinski definition) is 4. The van der Waals surface area contributed by atoms with E-state index in [1.54, 1.807) is 12.1 Å². The fourth-order valence-electron chi connectivity index (χ4n) is 1.37. The molecule has 0 unspecified atom stereocenters. The van der Waals surface area contributed by atoms with Crippen molar-refractivity contribution in [3.63, 3.8) is 0 Å². The number of carbonyl (C=O) groups is 2. The van der Waals surface area contributed by atoms with E-state index in [-0.39, 0.29) is 24.9 Å². The summed E-state index contributed by atoms with van der Waals surface area (Å²) in [4.78, 5) is 23.3. The lowest BCUT2D eigenvalue weighted by Crippen LogP contribution is -2.34. The molecule has 1 aromatic carbocycles. The first-order valence-corrected chi connectivity index (χ1v) is 6.86. The molecule has 21 heavy (non-hydrogen) atoms. The molecule has 0 aliphatic rings. The van der Waals surface area contributed by atoms with Crippen LogP contribution in [0, 0.1) is 5.41 Å². The summed E-state index contributed by atoms with van der Waals surface area (Å²) in [5, 5.41) is 14.3. The maximum Gasteiger partial charge on any atom is 0.319 e. The third-order valence-corrected chi connectivity index (χ3v) is 3.18. The second-order valence-electron chi connectivity index (χ2n) is 5.30. The number of urea groups is 1. The molecule has 1 aromatic rings. The zero-order chi connectivity index (χ0) is 15.9. The number of amides is 2. The predicted molar refractivity (Wildman–Crippen MR) is 80.2 cm³/mol. The van der Waals surface area contributed by atoms with E-state index in [0.717, 1.165) is 0 Å². The molecule has 0 fully saturated rings. The third-order valence-electron chi connectivity index (χ3n) is 3.18. The summed E-state index contributed by atoms with van der Waals surface area (Å²) >= 11 is 0. The molecule has 0 aliphatic carbocycles. The van der Waals surface area contributed by atoms with E-state index in [2.05, 4.69) is 10.6 Å². The standard InChI is InChI=1S/C15H22N2O4/c1-4-15(2,3)13(19)21-10-9-16-14(20)17-11-5-7-12(18)8-6-11/h5-8,18H,4,9-10H2,1-3H3,(H2,16,17,20). The van der Waals surface area contributed by atoms with Crippen molar-refractivity contribution in [2.24, 2.45) is 5.41 Å². The van der Waals surface area contributed by atoms with E-state index in [4.69, 9.17) is 9.84 Å². The number of carbonyl (C=O) groups excluding carboxylic acids is 2. The van der Waals surface area contributed by atoms with Gasteiger partial charge in [-0.15, -0.1) is 0 Å². The SMILES string of the molecule is CCC(C)(C)C(=O)OCCNC(=O)Nc1ccc(O)cc1. The number of phenols is 1. The number of hydrogen-bond donors (Lipinski definition) is 3. The summed E-state index contributed by atoms with van der Waals surface area (Å²) in [6.45, 7) is 5.92. The maximum absolute atomic E-state index is 11.7. The molecule has 0 bridgehead atoms. The zero-order valence-electron chi connectivity index (χ0n) is 12.6. The fourth-order valence-corrected chi connectivity index (χ4v) is 1.37. The van der Waals surface area contributed by atoms with Crippen molar-refractivity contribution < 1.29 is 19.4 Å². The molecule has 0 spiro atoms. The third kappa shape index (κ3) is 5.72. The Kier molecular flexibility index (Phi) is 6.02. The molecule has 0 atom stereocenters. The van der Waals surface area contributed by atoms with Gasteiger partial charge in [-0.3, -0.25) is 4.79 Å². The van der Waals surface area contributed by atoms with Crippen LogP contribution in [0.2, 0.25) is 0 Å². The fraction of sp³-hybridized carbons (Fsp3) is 0.467. The Morgan fingerprint density at radius 3 is 2.43 bits per heavy atom. The van der Waals surface area contributed by atoms with Gasteiger partial charge in [0.05, 0.1) is 12.0 Å². The van der Waals surface area contributed by atoms with Crippen LogP contribution in [0.1, 0.15) is 27.2 Å². The molecule has 0 saturated heterocycles. The lowest BCUT2D eigenvalue weighted by molar-refractivity contribution is -0.153. The van der Waals surface area contributed by atoms with E-state index >= 15 is 0 Å². The van der Waals surface area contributed by atoms with Gasteiger partial charge in [0.15, 0.2) is 0 Å². The molecule has 6 heteroatoms. The Bertz CT molecular complexity index is 483. The van der Waals surface area contributed by atoms with Gasteiger partial charge in [0, 0.05) is 5.69 Å². The first kappa shape index (κ1) is 16.8. The van der Waals surface area contributed by atoms with Gasteiger partial charge in [-0.25, -0.2) is 4.79 Å². The van der Waals surface area contributed by atoms with E-state index in [1.807, 2.05) is 20.8 Å². The van der Waals surface area contributed by atoms with Crippen LogP contribution in [0.25, 0.3) is 0 Å². The van der Waals surface area contributed by atoms with Crippen molar-refractivity contribution >= 4 is 17.7 Å². The molecule has 0 heterocycles. The number of aromatic hydroxyl groups is 1. The Hall–Kier alpha value is -2.24. The number of anilines is 1. The molecule has 1 rings (SSSR count). The van der Waals surface area contributed by atoms with E-state index in [1.165, 1.54) is 12.1 Å². The molecule has 116 valence electrons. The number of rotatable bonds is 6. The van der Waals surface area contributed by atoms with Crippen LogP contribution in [0.5, 0.6) is 5.75 Å². The molecule has 2 amide bonds. The average Bonchev–Trinajstić information content (AvgIpc) is 2.45. The van der Waals surface area contributed by atoms with Gasteiger partial charge in [-0.05, 0) is 44.5 Å². The Morgan fingerprint density at radius 2 is 1.86 bits per heavy atom. The molecule has 0 aromatic heterocycles. The largest absolute Gasteiger partial charge is 0.508 e. The van der Waals surface area contributed by atoms with Gasteiger partial charge < -0.3 is 20.5 Å². The second-order valence-corrected chi connectivity index (χ2v) is 5.30. The minimum atomic E-state index is -0.506. The van der Waals surface area contributed by atoms with E-state index < -0.39 is 11.4 Å². The zero-order valence-corrected chi connectivity index (χ0v) is 12.6. The highest BCUT2D eigenvalue weighted by atomic mass is 16.5. The van der Waals surface area contributed by atoms with Crippen molar-refractivity contribution in [2.45, 2.75) is 27.2 Å². The number of nitrogens with one attached hydrogen (secondary N) is 2. The quantitative estimate of drug-likeness (QED) is 0.427. The highest BCUT2D eigenvalue weighted by molar-refractivity contribution is 5.89. The van der Waals surface area contributed by atoms with Crippen molar-refractivity contribution in [1.29, 1.82) is 0 Å². The summed E-state index contributed by atoms with van der Waals surface area (Å²) in [5.74, 6) is -0.142. The molecule has 3 N–H and O–H groups in total. The lowest BCUT2D eigenvalue weighted by Gasteiger charge is -2.20. The minimum absolute atomic E-state index is 0.130. The highest BCUT2D eigenvalue weighted by Crippen LogP contribution is 2.21. The molecule has 0 saturated carbocycles. The Labute approximate surface area is 124 Å². The van der Waals surface area contributed by atoms with Gasteiger partial charge in [0.25, 0.3) is 0 Å². The van der Waals surface area contributed by atoms with Gasteiger partial charge in [0.1, 0.15) is 12.4 Å². The van der Waals surface area contributed by atoms with Gasteiger partial charge >= 0.3 is 12.0 Å². The van der Waals surface area contributed by atoms with Crippen LogP contribution in [0.4, 0.5) is 10.5 Å². The normalized spacial score (nSPS) is 10.8. The van der Waals surface area contributed by atoms with Gasteiger partial charge in [-0.2, -0.15) is 0 Å². The van der Waals surface area contributed by atoms with Crippen LogP contribution < -0.4 is 10.6 Å². The summed E-state index contributed by atoms with van der Waals surface area (Å²) < 4.78 is 5.10. The molecule has 0 aliphatic heterocycles. The Morgan fingerprint density at radius 1 is 1.24 bits per heavy atom. The van der Waals surface area contributed by atoms with Crippen LogP contribution in [0.15, 0.2) is 24.3 Å². The first-order valence-electron chi connectivity index (χ1n) is 6.86. The molecule has 6 nitrogen and oxygen atoms in total. The summed E-state index contributed by atoms with van der Waals surface area (Å²) in [6.07, 6.45) is 0.695. The van der Waals surface area contributed by atoms with Gasteiger partial charge in [-0.1, -0.05) is 6.92 Å². The highest BCUT2D eigenvalue weighted by Gasteiger charge is 2.26. The predicted octanol–water partition coefficient (Wildman–Crippen LogP) is 2.49. The number of ether oxygens (including phenoxy) is 1. The lowest BCUT2D eigenvalue weighted by atomic mass is 9.91. The first-order chi connectivity index (χ1) is 9.85. The maximum atomic E-state index is 11.7. The average molecular weight is 294 g/mol. The topological polar surface area (TPSA) is 87.7 Å². The second kappa shape index (κ2) is 7.52. The summed E-state index contributed by atoms with van der Waals surface area (Å²) in [6, 6.07) is 5.72. The van der Waals surface area contributed by atoms with Crippen LogP contribution >= 0.6 is 0 Å². The number of phenolic OH excluding ortho intramolecular Hbond substituents is 1. The number of esters is 1. The smallest absolute Gasteiger partial charge is 0.319 e. The van der Waals surface area contributed by atoms with Gasteiger partial charge in [0.2, 0.25) is 0 Å². The van der Waals surface area contributed by atoms with E-state index in [0.29, 0.717) is 12.1 Å². The van der Waals surface area contributed by atoms with Crippen molar-refractivity contribution in [2.75, 3.05) is 18.5 Å². The monoisotopic (exact) mass is 294 g/mol. The van der Waals surface area contributed by atoms with Crippen molar-refractivity contribution in [3.8, 4) is 5.75 Å². The Balaban J connectivity index is 2.25. The number of benzene rings is 1. The summed E-state index contributed by atoms with van der Waals surface area (Å²) in [5.41, 5.74) is 0.0586.